The summed E-state index contributed by atoms with van der Waals surface area (Å²) in [5, 5.41) is 4.11. The second-order valence-corrected chi connectivity index (χ2v) is 12.6. The lowest BCUT2D eigenvalue weighted by Crippen LogP contribution is -2.29. The molecular formula is C30H34N6O2S2. The molecule has 0 saturated carbocycles. The molecule has 8 nitrogen and oxygen atoms in total. The molecule has 0 radical (unpaired) electrons. The van der Waals surface area contributed by atoms with Gasteiger partial charge in [-0.25, -0.2) is 8.42 Å². The Kier molecular flexibility index (Phi) is 7.32. The number of benzene rings is 2. The molecule has 2 unspecified atom stereocenters. The van der Waals surface area contributed by atoms with Gasteiger partial charge in [-0.15, -0.1) is 0 Å². The van der Waals surface area contributed by atoms with Crippen LogP contribution in [0.1, 0.15) is 40.3 Å². The molecule has 2 aromatic heterocycles. The van der Waals surface area contributed by atoms with Gasteiger partial charge in [-0.3, -0.25) is 9.71 Å². The fraction of sp³-hybridized carbons (Fsp3) is 0.267. The number of pyridine rings is 1. The number of nitrogens with zero attached hydrogens (tertiary/aromatic N) is 4. The minimum Gasteiger partial charge on any atom is -0.378 e. The fourth-order valence-electron chi connectivity index (χ4n) is 5.45. The maximum Gasteiger partial charge on any atom is 0.229 e. The van der Waals surface area contributed by atoms with Gasteiger partial charge >= 0.3 is 0 Å². The first-order valence-corrected chi connectivity index (χ1v) is 15.3. The number of sulfonamides is 1. The zero-order chi connectivity index (χ0) is 28.8. The van der Waals surface area contributed by atoms with E-state index in [0.717, 1.165) is 51.5 Å². The van der Waals surface area contributed by atoms with Crippen molar-refractivity contribution >= 4 is 44.4 Å². The standard InChI is InChI=1S/C30H34N6O2S2/c1-19-17-24(14-15-26(19)33-40(6,37)38)36-29(28(32-30(36)39)27-9-7-8-16-31-27)25-18-20(2)35(21(25)3)23-12-10-22(11-13-23)34(4)5/h7-18,28-29,33H,1-6H3,(H,32,39). The van der Waals surface area contributed by atoms with E-state index in [1.54, 1.807) is 12.3 Å². The molecule has 0 aliphatic carbocycles. The Hall–Kier alpha value is -3.89. The van der Waals surface area contributed by atoms with Gasteiger partial charge in [0.1, 0.15) is 0 Å². The van der Waals surface area contributed by atoms with Gasteiger partial charge in [-0.05, 0) is 105 Å². The van der Waals surface area contributed by atoms with Crippen molar-refractivity contribution < 1.29 is 8.42 Å². The van der Waals surface area contributed by atoms with Crippen molar-refractivity contribution in [1.82, 2.24) is 14.9 Å². The lowest BCUT2D eigenvalue weighted by Gasteiger charge is -2.29. The highest BCUT2D eigenvalue weighted by molar-refractivity contribution is 7.92. The molecule has 2 aromatic carbocycles. The molecule has 0 bridgehead atoms. The van der Waals surface area contributed by atoms with E-state index < -0.39 is 10.0 Å². The number of thiocarbonyl (C=S) groups is 1. The van der Waals surface area contributed by atoms with Crippen LogP contribution in [0.2, 0.25) is 0 Å². The van der Waals surface area contributed by atoms with Crippen molar-refractivity contribution in [1.29, 1.82) is 0 Å². The van der Waals surface area contributed by atoms with Gasteiger partial charge in [0.05, 0.1) is 29.7 Å². The Morgan fingerprint density at radius 3 is 2.27 bits per heavy atom. The third kappa shape index (κ3) is 5.29. The summed E-state index contributed by atoms with van der Waals surface area (Å²) in [6.45, 7) is 6.15. The number of hydrogen-bond acceptors (Lipinski definition) is 5. The molecule has 1 aliphatic heterocycles. The van der Waals surface area contributed by atoms with E-state index in [-0.39, 0.29) is 12.1 Å². The van der Waals surface area contributed by atoms with E-state index in [4.69, 9.17) is 12.2 Å². The fourth-order valence-corrected chi connectivity index (χ4v) is 6.42. The van der Waals surface area contributed by atoms with Crippen LogP contribution >= 0.6 is 12.2 Å². The summed E-state index contributed by atoms with van der Waals surface area (Å²) in [6.07, 6.45) is 2.95. The van der Waals surface area contributed by atoms with E-state index in [0.29, 0.717) is 10.8 Å². The topological polar surface area (TPSA) is 82.5 Å². The smallest absolute Gasteiger partial charge is 0.229 e. The second kappa shape index (κ2) is 10.6. The molecule has 2 N–H and O–H groups in total. The number of anilines is 3. The minimum atomic E-state index is -3.40. The van der Waals surface area contributed by atoms with Crippen molar-refractivity contribution in [3.8, 4) is 5.69 Å². The summed E-state index contributed by atoms with van der Waals surface area (Å²) in [5.41, 5.74) is 8.71. The zero-order valence-corrected chi connectivity index (χ0v) is 25.1. The van der Waals surface area contributed by atoms with Crippen LogP contribution in [-0.2, 0) is 10.0 Å². The molecule has 40 heavy (non-hydrogen) atoms. The Balaban J connectivity index is 1.63. The van der Waals surface area contributed by atoms with Crippen LogP contribution in [0.15, 0.2) is 72.9 Å². The Labute approximate surface area is 241 Å². The van der Waals surface area contributed by atoms with Crippen LogP contribution in [0.5, 0.6) is 0 Å². The Morgan fingerprint density at radius 2 is 1.68 bits per heavy atom. The molecule has 10 heteroatoms. The molecule has 4 aromatic rings. The normalized spacial score (nSPS) is 17.1. The van der Waals surface area contributed by atoms with Crippen LogP contribution < -0.4 is 19.8 Å². The first-order valence-electron chi connectivity index (χ1n) is 13.0. The second-order valence-electron chi connectivity index (χ2n) is 10.4. The van der Waals surface area contributed by atoms with Crippen LogP contribution in [-0.4, -0.2) is 43.4 Å². The minimum absolute atomic E-state index is 0.184. The molecule has 1 aliphatic rings. The van der Waals surface area contributed by atoms with Gasteiger partial charge in [0.15, 0.2) is 5.11 Å². The van der Waals surface area contributed by atoms with Gasteiger partial charge < -0.3 is 19.7 Å². The van der Waals surface area contributed by atoms with E-state index in [9.17, 15) is 8.42 Å². The molecule has 1 saturated heterocycles. The summed E-state index contributed by atoms with van der Waals surface area (Å²) in [4.78, 5) is 8.88. The predicted molar refractivity (Wildman–Crippen MR) is 167 cm³/mol. The zero-order valence-electron chi connectivity index (χ0n) is 23.5. The monoisotopic (exact) mass is 574 g/mol. The lowest BCUT2D eigenvalue weighted by atomic mass is 9.96. The largest absolute Gasteiger partial charge is 0.378 e. The van der Waals surface area contributed by atoms with Crippen LogP contribution in [0.4, 0.5) is 17.1 Å². The molecule has 3 heterocycles. The van der Waals surface area contributed by atoms with Crippen LogP contribution in [0.3, 0.4) is 0 Å². The highest BCUT2D eigenvalue weighted by Crippen LogP contribution is 2.44. The maximum absolute atomic E-state index is 11.9. The van der Waals surface area contributed by atoms with Crippen molar-refractivity contribution in [2.24, 2.45) is 0 Å². The van der Waals surface area contributed by atoms with E-state index in [1.807, 2.05) is 51.4 Å². The number of aryl methyl sites for hydroxylation is 2. The third-order valence-corrected chi connectivity index (χ3v) is 8.20. The summed E-state index contributed by atoms with van der Waals surface area (Å²) >= 11 is 5.92. The van der Waals surface area contributed by atoms with Gasteiger partial charge in [0, 0.05) is 48.7 Å². The Bertz CT molecular complexity index is 1660. The number of hydrogen-bond donors (Lipinski definition) is 2. The summed E-state index contributed by atoms with van der Waals surface area (Å²) in [7, 11) is 0.672. The van der Waals surface area contributed by atoms with Gasteiger partial charge in [-0.1, -0.05) is 6.07 Å². The summed E-state index contributed by atoms with van der Waals surface area (Å²) in [6, 6.07) is 21.9. The van der Waals surface area contributed by atoms with Gasteiger partial charge in [0.25, 0.3) is 0 Å². The van der Waals surface area contributed by atoms with Crippen molar-refractivity contribution in [3.63, 3.8) is 0 Å². The van der Waals surface area contributed by atoms with Crippen LogP contribution in [0.25, 0.3) is 5.69 Å². The maximum atomic E-state index is 11.9. The number of rotatable bonds is 7. The SMILES string of the molecule is Cc1cc(N2C(=S)NC(c3ccccn3)C2c2cc(C)n(-c3ccc(N(C)C)cc3)c2C)ccc1NS(C)(=O)=O. The number of nitrogens with one attached hydrogen (secondary N) is 2. The first kappa shape index (κ1) is 27.7. The van der Waals surface area contributed by atoms with Gasteiger partial charge in [0.2, 0.25) is 10.0 Å². The highest BCUT2D eigenvalue weighted by atomic mass is 32.2. The molecule has 1 fully saturated rings. The average Bonchev–Trinajstić information content (AvgIpc) is 3.40. The molecule has 2 atom stereocenters. The quantitative estimate of drug-likeness (QED) is 0.286. The van der Waals surface area contributed by atoms with E-state index >= 15 is 0 Å². The molecule has 5 rings (SSSR count). The average molecular weight is 575 g/mol. The first-order chi connectivity index (χ1) is 18.9. The van der Waals surface area contributed by atoms with Crippen molar-refractivity contribution in [3.05, 3.63) is 101 Å². The molecule has 0 spiro atoms. The molecule has 0 amide bonds. The predicted octanol–water partition coefficient (Wildman–Crippen LogP) is 5.41. The molecule has 208 valence electrons. The molecular weight excluding hydrogens is 541 g/mol. The lowest BCUT2D eigenvalue weighted by molar-refractivity contribution is 0.565. The van der Waals surface area contributed by atoms with Gasteiger partial charge in [-0.2, -0.15) is 0 Å². The van der Waals surface area contributed by atoms with Crippen LogP contribution in [0, 0.1) is 20.8 Å². The Morgan fingerprint density at radius 1 is 0.975 bits per heavy atom. The number of aromatic nitrogens is 2. The third-order valence-electron chi connectivity index (χ3n) is 7.29. The van der Waals surface area contributed by atoms with Crippen molar-refractivity contribution in [2.75, 3.05) is 34.9 Å². The highest BCUT2D eigenvalue weighted by Gasteiger charge is 2.42. The van der Waals surface area contributed by atoms with Crippen molar-refractivity contribution in [2.45, 2.75) is 32.9 Å². The van der Waals surface area contributed by atoms with E-state index in [2.05, 4.69) is 73.6 Å². The van der Waals surface area contributed by atoms with E-state index in [1.165, 1.54) is 0 Å². The summed E-state index contributed by atoms with van der Waals surface area (Å²) < 4.78 is 28.6. The summed E-state index contributed by atoms with van der Waals surface area (Å²) in [5.74, 6) is 0.